The fourth-order valence-corrected chi connectivity index (χ4v) is 2.82. The molecule has 0 bridgehead atoms. The fourth-order valence-electron chi connectivity index (χ4n) is 2.82. The van der Waals surface area contributed by atoms with Gasteiger partial charge in [0.15, 0.2) is 18.1 Å². The SMILES string of the molecule is COc1ccccc1OCC(=O)N[C@H]1CCc2ccccc21. The summed E-state index contributed by atoms with van der Waals surface area (Å²) in [5.74, 6) is 1.08. The molecule has 0 fully saturated rings. The molecule has 22 heavy (non-hydrogen) atoms. The minimum atomic E-state index is -0.118. The fraction of sp³-hybridized carbons (Fsp3) is 0.278. The van der Waals surface area contributed by atoms with Gasteiger partial charge in [-0.3, -0.25) is 4.79 Å². The number of benzene rings is 2. The van der Waals surface area contributed by atoms with Crippen LogP contribution in [-0.4, -0.2) is 19.6 Å². The molecule has 0 aliphatic heterocycles. The van der Waals surface area contributed by atoms with Gasteiger partial charge in [0.05, 0.1) is 13.2 Å². The Hall–Kier alpha value is -2.49. The van der Waals surface area contributed by atoms with Crippen molar-refractivity contribution in [3.8, 4) is 11.5 Å². The number of aryl methyl sites for hydroxylation is 1. The minimum Gasteiger partial charge on any atom is -0.493 e. The molecule has 2 aromatic carbocycles. The molecule has 0 unspecified atom stereocenters. The van der Waals surface area contributed by atoms with E-state index in [-0.39, 0.29) is 18.6 Å². The van der Waals surface area contributed by atoms with E-state index in [9.17, 15) is 4.79 Å². The Morgan fingerprint density at radius 3 is 2.68 bits per heavy atom. The van der Waals surface area contributed by atoms with E-state index >= 15 is 0 Å². The first kappa shape index (κ1) is 14.4. The Labute approximate surface area is 130 Å². The lowest BCUT2D eigenvalue weighted by atomic mass is 10.1. The van der Waals surface area contributed by atoms with Gasteiger partial charge in [-0.15, -0.1) is 0 Å². The molecule has 1 atom stereocenters. The van der Waals surface area contributed by atoms with Crippen molar-refractivity contribution in [2.24, 2.45) is 0 Å². The second-order valence-corrected chi connectivity index (χ2v) is 5.30. The first-order valence-corrected chi connectivity index (χ1v) is 7.41. The number of ether oxygens (including phenoxy) is 2. The van der Waals surface area contributed by atoms with Gasteiger partial charge in [0.25, 0.3) is 5.91 Å². The number of amides is 1. The summed E-state index contributed by atoms with van der Waals surface area (Å²) in [5, 5.41) is 3.04. The highest BCUT2D eigenvalue weighted by molar-refractivity contribution is 5.78. The Balaban J connectivity index is 1.58. The highest BCUT2D eigenvalue weighted by Crippen LogP contribution is 2.30. The van der Waals surface area contributed by atoms with Crippen LogP contribution in [0.2, 0.25) is 0 Å². The van der Waals surface area contributed by atoms with Crippen LogP contribution in [0.1, 0.15) is 23.6 Å². The highest BCUT2D eigenvalue weighted by atomic mass is 16.5. The van der Waals surface area contributed by atoms with E-state index in [4.69, 9.17) is 9.47 Å². The van der Waals surface area contributed by atoms with Gasteiger partial charge in [0.1, 0.15) is 0 Å². The Morgan fingerprint density at radius 2 is 1.86 bits per heavy atom. The molecule has 0 saturated carbocycles. The van der Waals surface area contributed by atoms with Crippen LogP contribution in [0.3, 0.4) is 0 Å². The molecule has 2 aromatic rings. The molecule has 1 aliphatic rings. The molecule has 0 radical (unpaired) electrons. The minimum absolute atomic E-state index is 0.0148. The number of nitrogens with one attached hydrogen (secondary N) is 1. The van der Waals surface area contributed by atoms with Gasteiger partial charge in [0, 0.05) is 0 Å². The first-order valence-electron chi connectivity index (χ1n) is 7.41. The van der Waals surface area contributed by atoms with Gasteiger partial charge in [-0.1, -0.05) is 36.4 Å². The van der Waals surface area contributed by atoms with E-state index < -0.39 is 0 Å². The van der Waals surface area contributed by atoms with Crippen molar-refractivity contribution in [1.29, 1.82) is 0 Å². The van der Waals surface area contributed by atoms with Crippen molar-refractivity contribution >= 4 is 5.91 Å². The van der Waals surface area contributed by atoms with Crippen molar-refractivity contribution in [2.45, 2.75) is 18.9 Å². The monoisotopic (exact) mass is 297 g/mol. The Bertz CT molecular complexity index is 669. The number of methoxy groups -OCH3 is 1. The summed E-state index contributed by atoms with van der Waals surface area (Å²) in [5.41, 5.74) is 2.53. The van der Waals surface area contributed by atoms with Crippen molar-refractivity contribution in [3.63, 3.8) is 0 Å². The average Bonchev–Trinajstić information content (AvgIpc) is 2.96. The summed E-state index contributed by atoms with van der Waals surface area (Å²) in [6, 6.07) is 15.6. The van der Waals surface area contributed by atoms with Crippen LogP contribution in [0.15, 0.2) is 48.5 Å². The zero-order valence-electron chi connectivity index (χ0n) is 12.5. The van der Waals surface area contributed by atoms with Gasteiger partial charge in [-0.05, 0) is 36.1 Å². The van der Waals surface area contributed by atoms with Crippen LogP contribution in [0.25, 0.3) is 0 Å². The maximum atomic E-state index is 12.1. The predicted molar refractivity (Wildman–Crippen MR) is 84.1 cm³/mol. The lowest BCUT2D eigenvalue weighted by molar-refractivity contribution is -0.123. The lowest BCUT2D eigenvalue weighted by Gasteiger charge is -2.15. The maximum absolute atomic E-state index is 12.1. The van der Waals surface area contributed by atoms with Crippen LogP contribution in [0.4, 0.5) is 0 Å². The van der Waals surface area contributed by atoms with E-state index in [1.54, 1.807) is 19.2 Å². The maximum Gasteiger partial charge on any atom is 0.258 e. The van der Waals surface area contributed by atoms with Gasteiger partial charge < -0.3 is 14.8 Å². The van der Waals surface area contributed by atoms with Gasteiger partial charge in [-0.25, -0.2) is 0 Å². The normalized spacial score (nSPS) is 16.0. The molecule has 1 N–H and O–H groups in total. The Morgan fingerprint density at radius 1 is 1.14 bits per heavy atom. The van der Waals surface area contributed by atoms with E-state index in [0.717, 1.165) is 12.8 Å². The standard InChI is InChI=1S/C18H19NO3/c1-21-16-8-4-5-9-17(16)22-12-18(20)19-15-11-10-13-6-2-3-7-14(13)15/h2-9,15H,10-12H2,1H3,(H,19,20)/t15-/m0/s1. The smallest absolute Gasteiger partial charge is 0.258 e. The lowest BCUT2D eigenvalue weighted by Crippen LogP contribution is -2.31. The van der Waals surface area contributed by atoms with E-state index in [2.05, 4.69) is 17.4 Å². The molecule has 3 rings (SSSR count). The van der Waals surface area contributed by atoms with Crippen LogP contribution in [0.5, 0.6) is 11.5 Å². The number of hydrogen-bond donors (Lipinski definition) is 1. The highest BCUT2D eigenvalue weighted by Gasteiger charge is 2.23. The average molecular weight is 297 g/mol. The zero-order valence-corrected chi connectivity index (χ0v) is 12.5. The second-order valence-electron chi connectivity index (χ2n) is 5.30. The molecule has 4 heteroatoms. The van der Waals surface area contributed by atoms with Gasteiger partial charge in [-0.2, -0.15) is 0 Å². The van der Waals surface area contributed by atoms with E-state index in [1.807, 2.05) is 24.3 Å². The van der Waals surface area contributed by atoms with Gasteiger partial charge >= 0.3 is 0 Å². The third-order valence-electron chi connectivity index (χ3n) is 3.90. The molecule has 1 aliphatic carbocycles. The number of hydrogen-bond acceptors (Lipinski definition) is 3. The van der Waals surface area contributed by atoms with Crippen LogP contribution >= 0.6 is 0 Å². The molecule has 4 nitrogen and oxygen atoms in total. The molecule has 0 aromatic heterocycles. The summed E-state index contributed by atoms with van der Waals surface area (Å²) < 4.78 is 10.8. The third kappa shape index (κ3) is 3.06. The van der Waals surface area contributed by atoms with E-state index in [0.29, 0.717) is 11.5 Å². The summed E-state index contributed by atoms with van der Waals surface area (Å²) >= 11 is 0. The summed E-state index contributed by atoms with van der Waals surface area (Å²) in [4.78, 5) is 12.1. The molecule has 0 heterocycles. The first-order chi connectivity index (χ1) is 10.8. The quantitative estimate of drug-likeness (QED) is 0.923. The summed E-state index contributed by atoms with van der Waals surface area (Å²) in [6.07, 6.45) is 1.95. The number of carbonyl (C=O) groups excluding carboxylic acids is 1. The predicted octanol–water partition coefficient (Wildman–Crippen LogP) is 2.88. The Kier molecular flexibility index (Phi) is 4.28. The third-order valence-corrected chi connectivity index (χ3v) is 3.90. The molecule has 1 amide bonds. The second kappa shape index (κ2) is 6.52. The largest absolute Gasteiger partial charge is 0.493 e. The van der Waals surface area contributed by atoms with Crippen molar-refractivity contribution in [2.75, 3.05) is 13.7 Å². The molecule has 0 saturated heterocycles. The molecule has 0 spiro atoms. The number of para-hydroxylation sites is 2. The van der Waals surface area contributed by atoms with Crippen molar-refractivity contribution in [3.05, 3.63) is 59.7 Å². The number of rotatable bonds is 5. The summed E-state index contributed by atoms with van der Waals surface area (Å²) in [6.45, 7) is -0.0148. The van der Waals surface area contributed by atoms with Crippen LogP contribution in [-0.2, 0) is 11.2 Å². The topological polar surface area (TPSA) is 47.6 Å². The number of carbonyl (C=O) groups is 1. The molecule has 114 valence electrons. The van der Waals surface area contributed by atoms with E-state index in [1.165, 1.54) is 11.1 Å². The molecular formula is C18H19NO3. The summed E-state index contributed by atoms with van der Waals surface area (Å²) in [7, 11) is 1.58. The molecular weight excluding hydrogens is 278 g/mol. The van der Waals surface area contributed by atoms with Crippen molar-refractivity contribution < 1.29 is 14.3 Å². The van der Waals surface area contributed by atoms with Crippen molar-refractivity contribution in [1.82, 2.24) is 5.32 Å². The number of fused-ring (bicyclic) bond motifs is 1. The van der Waals surface area contributed by atoms with Gasteiger partial charge in [0.2, 0.25) is 0 Å². The zero-order chi connectivity index (χ0) is 15.4. The van der Waals surface area contributed by atoms with Crippen LogP contribution in [0, 0.1) is 0 Å². The van der Waals surface area contributed by atoms with Crippen LogP contribution < -0.4 is 14.8 Å².